The zero-order valence-electron chi connectivity index (χ0n) is 26.3. The molecular formula is C26H42N2O15P2. The molecule has 0 saturated carbocycles. The summed E-state index contributed by atoms with van der Waals surface area (Å²) in [5.74, 6) is -2.62. The van der Waals surface area contributed by atoms with E-state index in [1.54, 1.807) is 41.5 Å². The van der Waals surface area contributed by atoms with Gasteiger partial charge in [0.25, 0.3) is 5.56 Å². The molecule has 45 heavy (non-hydrogen) atoms. The molecule has 1 aromatic heterocycles. The van der Waals surface area contributed by atoms with Crippen LogP contribution in [0.4, 0.5) is 0 Å². The predicted molar refractivity (Wildman–Crippen MR) is 154 cm³/mol. The summed E-state index contributed by atoms with van der Waals surface area (Å²) in [5, 5.41) is 0. The zero-order chi connectivity index (χ0) is 32.8. The topological polar surface area (TPSA) is 191 Å². The van der Waals surface area contributed by atoms with Crippen LogP contribution >= 0.6 is 15.2 Å². The first-order chi connectivity index (χ1) is 21.1. The molecule has 5 rings (SSSR count). The van der Waals surface area contributed by atoms with Crippen molar-refractivity contribution in [2.75, 3.05) is 39.4 Å². The Morgan fingerprint density at radius 1 is 0.800 bits per heavy atom. The maximum Gasteiger partial charge on any atom is 0.342 e. The van der Waals surface area contributed by atoms with Gasteiger partial charge >= 0.3 is 20.9 Å². The number of nitrogens with one attached hydrogen (secondary N) is 1. The summed E-state index contributed by atoms with van der Waals surface area (Å²) >= 11 is 0. The number of hydrogen-bond donors (Lipinski definition) is 1. The standard InChI is InChI=1S/C26H42N2O15P2/c1-8-34-44(31,14-45(32,35-9-2)37-13-16-19-21(23(33-7)39-16)43-26(5,6)41-19)36-12-15-18-20(42-25(3,4)40-18)22(38-15)28-11-10-17(29)27-24(28)30/h10-11,15-16,18-23H,8-9,12-14H2,1-7H3,(H,27,29,30)/t15-,16-,18-,19-,20-,21-,22-,23-,44?,45?/m1/s1. The molecule has 4 saturated heterocycles. The van der Waals surface area contributed by atoms with Gasteiger partial charge in [0.05, 0.1) is 26.4 Å². The van der Waals surface area contributed by atoms with Crippen molar-refractivity contribution in [2.24, 2.45) is 0 Å². The Kier molecular flexibility index (Phi) is 10.4. The van der Waals surface area contributed by atoms with E-state index < -0.39 is 93.1 Å². The Labute approximate surface area is 260 Å². The highest BCUT2D eigenvalue weighted by atomic mass is 31.2. The Balaban J connectivity index is 1.28. The van der Waals surface area contributed by atoms with Crippen LogP contribution in [0.2, 0.25) is 0 Å². The van der Waals surface area contributed by atoms with Crippen LogP contribution in [0.3, 0.4) is 0 Å². The summed E-state index contributed by atoms with van der Waals surface area (Å²) in [6, 6.07) is 1.18. The van der Waals surface area contributed by atoms with Crippen molar-refractivity contribution in [1.82, 2.24) is 9.55 Å². The SMILES string of the molecule is CCOP(=O)(CP(=O)(OCC)OC[C@H]1O[C@@H](OC)[C@@H]2OC(C)(C)O[C@@H]21)OC[C@H]1O[C@@H](n2ccc(=O)[nH]c2=O)[C@@H]2OC(C)(C)O[C@@H]21. The van der Waals surface area contributed by atoms with E-state index in [1.165, 1.54) is 23.9 Å². The van der Waals surface area contributed by atoms with Gasteiger partial charge in [-0.05, 0) is 41.5 Å². The zero-order valence-corrected chi connectivity index (χ0v) is 28.1. The smallest absolute Gasteiger partial charge is 0.342 e. The van der Waals surface area contributed by atoms with Crippen LogP contribution in [0.25, 0.3) is 0 Å². The molecule has 1 aromatic rings. The molecule has 10 atom stereocenters. The summed E-state index contributed by atoms with van der Waals surface area (Å²) in [4.78, 5) is 26.3. The second-order valence-electron chi connectivity index (χ2n) is 11.8. The van der Waals surface area contributed by atoms with Crippen LogP contribution in [-0.2, 0) is 60.4 Å². The van der Waals surface area contributed by atoms with Crippen LogP contribution in [0, 0.1) is 0 Å². The van der Waals surface area contributed by atoms with Gasteiger partial charge < -0.3 is 51.3 Å². The Morgan fingerprint density at radius 2 is 1.31 bits per heavy atom. The monoisotopic (exact) mass is 684 g/mol. The normalized spacial score (nSPS) is 36.0. The highest BCUT2D eigenvalue weighted by molar-refractivity contribution is 7.71. The second-order valence-corrected chi connectivity index (χ2v) is 16.4. The van der Waals surface area contributed by atoms with Gasteiger partial charge in [0.2, 0.25) is 0 Å². The van der Waals surface area contributed by atoms with Crippen LogP contribution in [-0.4, -0.2) is 103 Å². The number of rotatable bonds is 14. The molecule has 4 aliphatic rings. The van der Waals surface area contributed by atoms with E-state index in [2.05, 4.69) is 4.98 Å². The molecule has 19 heteroatoms. The fourth-order valence-electron chi connectivity index (χ4n) is 5.83. The summed E-state index contributed by atoms with van der Waals surface area (Å²) in [6.45, 7) is 9.52. The minimum atomic E-state index is -4.15. The highest BCUT2D eigenvalue weighted by Crippen LogP contribution is 2.64. The first-order valence-corrected chi connectivity index (χ1v) is 18.2. The number of hydrogen-bond acceptors (Lipinski definition) is 15. The fourth-order valence-corrected chi connectivity index (χ4v) is 10.5. The molecule has 2 unspecified atom stereocenters. The third-order valence-electron chi connectivity index (χ3n) is 7.46. The minimum absolute atomic E-state index is 0.0142. The van der Waals surface area contributed by atoms with Gasteiger partial charge in [-0.3, -0.25) is 23.5 Å². The average molecular weight is 685 g/mol. The molecule has 256 valence electrons. The van der Waals surface area contributed by atoms with E-state index in [-0.39, 0.29) is 26.4 Å². The van der Waals surface area contributed by atoms with Crippen molar-refractivity contribution in [1.29, 1.82) is 0 Å². The van der Waals surface area contributed by atoms with Crippen LogP contribution in [0.15, 0.2) is 21.9 Å². The number of ether oxygens (including phenoxy) is 7. The summed E-state index contributed by atoms with van der Waals surface area (Å²) in [7, 11) is -6.78. The van der Waals surface area contributed by atoms with E-state index in [1.807, 2.05) is 0 Å². The number of fused-ring (bicyclic) bond motifs is 2. The van der Waals surface area contributed by atoms with Crippen molar-refractivity contribution in [3.63, 3.8) is 0 Å². The third kappa shape index (κ3) is 7.72. The molecule has 0 aromatic carbocycles. The number of nitrogens with zero attached hydrogens (tertiary/aromatic N) is 1. The molecule has 0 spiro atoms. The molecule has 5 heterocycles. The quantitative estimate of drug-likeness (QED) is 0.281. The molecule has 0 amide bonds. The van der Waals surface area contributed by atoms with Gasteiger partial charge in [0.1, 0.15) is 36.6 Å². The summed E-state index contributed by atoms with van der Waals surface area (Å²) < 4.78 is 92.9. The van der Waals surface area contributed by atoms with Crippen molar-refractivity contribution >= 4 is 15.2 Å². The van der Waals surface area contributed by atoms with E-state index in [9.17, 15) is 18.7 Å². The van der Waals surface area contributed by atoms with Gasteiger partial charge in [-0.25, -0.2) is 4.79 Å². The predicted octanol–water partition coefficient (Wildman–Crippen LogP) is 2.30. The van der Waals surface area contributed by atoms with Crippen molar-refractivity contribution in [2.45, 2.75) is 102 Å². The molecule has 0 bridgehead atoms. The third-order valence-corrected chi connectivity index (χ3v) is 12.6. The van der Waals surface area contributed by atoms with Crippen LogP contribution in [0.5, 0.6) is 0 Å². The minimum Gasteiger partial charge on any atom is -0.353 e. The molecule has 4 aliphatic heterocycles. The van der Waals surface area contributed by atoms with E-state index in [0.29, 0.717) is 0 Å². The largest absolute Gasteiger partial charge is 0.353 e. The van der Waals surface area contributed by atoms with Gasteiger partial charge in [0.15, 0.2) is 30.0 Å². The Morgan fingerprint density at radius 3 is 1.84 bits per heavy atom. The lowest BCUT2D eigenvalue weighted by Crippen LogP contribution is -2.37. The van der Waals surface area contributed by atoms with Crippen molar-refractivity contribution in [3.05, 3.63) is 33.1 Å². The van der Waals surface area contributed by atoms with Crippen LogP contribution in [0.1, 0.15) is 47.8 Å². The lowest BCUT2D eigenvalue weighted by atomic mass is 10.1. The average Bonchev–Trinajstić information content (AvgIpc) is 3.63. The molecule has 0 aliphatic carbocycles. The van der Waals surface area contributed by atoms with Gasteiger partial charge in [-0.15, -0.1) is 0 Å². The lowest BCUT2D eigenvalue weighted by Gasteiger charge is -2.27. The summed E-state index contributed by atoms with van der Waals surface area (Å²) in [6.07, 6.45) is -4.64. The summed E-state index contributed by atoms with van der Waals surface area (Å²) in [5.41, 5.74) is -1.28. The lowest BCUT2D eigenvalue weighted by molar-refractivity contribution is -0.229. The van der Waals surface area contributed by atoms with Gasteiger partial charge in [-0.1, -0.05) is 0 Å². The number of aromatic amines is 1. The highest BCUT2D eigenvalue weighted by Gasteiger charge is 2.58. The number of aromatic nitrogens is 2. The van der Waals surface area contributed by atoms with Crippen molar-refractivity contribution in [3.8, 4) is 0 Å². The molecular weight excluding hydrogens is 642 g/mol. The molecule has 0 radical (unpaired) electrons. The Hall–Kier alpha value is -1.30. The molecule has 4 fully saturated rings. The van der Waals surface area contributed by atoms with Gasteiger partial charge in [0, 0.05) is 19.4 Å². The van der Waals surface area contributed by atoms with Crippen LogP contribution < -0.4 is 11.2 Å². The number of methoxy groups -OCH3 is 1. The Bertz CT molecular complexity index is 1410. The second kappa shape index (κ2) is 13.3. The van der Waals surface area contributed by atoms with E-state index in [0.717, 1.165) is 0 Å². The maximum absolute atomic E-state index is 14.0. The first-order valence-electron chi connectivity index (χ1n) is 14.7. The van der Waals surface area contributed by atoms with Gasteiger partial charge in [-0.2, -0.15) is 0 Å². The maximum atomic E-state index is 14.0. The molecule has 1 N–H and O–H groups in total. The molecule has 17 nitrogen and oxygen atoms in total. The fraction of sp³-hybridized carbons (Fsp3) is 0.846. The van der Waals surface area contributed by atoms with E-state index in [4.69, 9.17) is 51.3 Å². The van der Waals surface area contributed by atoms with E-state index >= 15 is 0 Å². The number of H-pyrrole nitrogens is 1. The van der Waals surface area contributed by atoms with Crippen molar-refractivity contribution < 1.29 is 60.4 Å². The first kappa shape index (κ1) is 35.0.